The van der Waals surface area contributed by atoms with Crippen molar-refractivity contribution in [3.8, 4) is 5.75 Å². The van der Waals surface area contributed by atoms with Crippen LogP contribution in [0.4, 0.5) is 0 Å². The molecule has 0 aliphatic rings. The molecule has 106 valence electrons. The second-order valence-electron chi connectivity index (χ2n) is 5.11. The smallest absolute Gasteiger partial charge is 0.119 e. The molecule has 0 heterocycles. The molecule has 0 aliphatic heterocycles. The van der Waals surface area contributed by atoms with E-state index in [1.165, 1.54) is 11.1 Å². The van der Waals surface area contributed by atoms with Gasteiger partial charge in [-0.15, -0.1) is 0 Å². The van der Waals surface area contributed by atoms with Gasteiger partial charge in [-0.3, -0.25) is 0 Å². The number of hydrogen-bond donors (Lipinski definition) is 1. The fraction of sp³-hybridized carbons (Fsp3) is 0.333. The van der Waals surface area contributed by atoms with Gasteiger partial charge in [-0.2, -0.15) is 0 Å². The average Bonchev–Trinajstić information content (AvgIpc) is 2.48. The van der Waals surface area contributed by atoms with Crippen molar-refractivity contribution < 1.29 is 4.74 Å². The van der Waals surface area contributed by atoms with Crippen molar-refractivity contribution >= 4 is 0 Å². The summed E-state index contributed by atoms with van der Waals surface area (Å²) in [6, 6.07) is 19.0. The Labute approximate surface area is 121 Å². The predicted octanol–water partition coefficient (Wildman–Crippen LogP) is 4.11. The highest BCUT2D eigenvalue weighted by molar-refractivity contribution is 5.24. The van der Waals surface area contributed by atoms with Gasteiger partial charge >= 0.3 is 0 Å². The number of rotatable bonds is 7. The van der Waals surface area contributed by atoms with Crippen LogP contribution in [0.15, 0.2) is 54.6 Å². The molecule has 0 saturated carbocycles. The maximum absolute atomic E-state index is 5.67. The van der Waals surface area contributed by atoms with E-state index in [2.05, 4.69) is 43.4 Å². The van der Waals surface area contributed by atoms with Gasteiger partial charge in [-0.25, -0.2) is 0 Å². The Balaban J connectivity index is 1.66. The van der Waals surface area contributed by atoms with Crippen molar-refractivity contribution in [3.63, 3.8) is 0 Å². The molecule has 20 heavy (non-hydrogen) atoms. The van der Waals surface area contributed by atoms with Crippen molar-refractivity contribution in [2.75, 3.05) is 13.2 Å². The minimum atomic E-state index is 0.381. The Kier molecular flexibility index (Phi) is 5.63. The van der Waals surface area contributed by atoms with Crippen LogP contribution >= 0.6 is 0 Å². The summed E-state index contributed by atoms with van der Waals surface area (Å²) < 4.78 is 5.67. The zero-order chi connectivity index (χ0) is 14.2. The molecule has 0 bridgehead atoms. The van der Waals surface area contributed by atoms with E-state index in [-0.39, 0.29) is 0 Å². The first-order valence-corrected chi connectivity index (χ1v) is 7.23. The van der Waals surface area contributed by atoms with Crippen LogP contribution < -0.4 is 10.1 Å². The lowest BCUT2D eigenvalue weighted by Gasteiger charge is -2.15. The maximum atomic E-state index is 5.67. The predicted molar refractivity (Wildman–Crippen MR) is 84.2 cm³/mol. The summed E-state index contributed by atoms with van der Waals surface area (Å²) in [5.74, 6) is 0.944. The lowest BCUT2D eigenvalue weighted by atomic mass is 10.1. The van der Waals surface area contributed by atoms with Gasteiger partial charge in [0.1, 0.15) is 5.75 Å². The fourth-order valence-corrected chi connectivity index (χ4v) is 2.15. The van der Waals surface area contributed by atoms with E-state index >= 15 is 0 Å². The molecular formula is C18H23NO. The number of aryl methyl sites for hydroxylation is 1. The monoisotopic (exact) mass is 269 g/mol. The second kappa shape index (κ2) is 7.71. The molecule has 2 heteroatoms. The molecule has 0 aromatic heterocycles. The number of benzene rings is 2. The van der Waals surface area contributed by atoms with E-state index in [0.29, 0.717) is 6.04 Å². The van der Waals surface area contributed by atoms with Crippen LogP contribution in [0.25, 0.3) is 0 Å². The van der Waals surface area contributed by atoms with E-state index in [1.807, 2.05) is 30.3 Å². The average molecular weight is 269 g/mol. The maximum Gasteiger partial charge on any atom is 0.119 e. The molecular weight excluding hydrogens is 246 g/mol. The molecule has 0 saturated heterocycles. The molecule has 2 aromatic carbocycles. The van der Waals surface area contributed by atoms with Crippen molar-refractivity contribution in [1.82, 2.24) is 5.32 Å². The summed E-state index contributed by atoms with van der Waals surface area (Å²) in [6.07, 6.45) is 1.01. The molecule has 1 N–H and O–H groups in total. The normalized spacial score (nSPS) is 12.1. The Bertz CT molecular complexity index is 510. The Morgan fingerprint density at radius 1 is 1.05 bits per heavy atom. The van der Waals surface area contributed by atoms with E-state index in [1.54, 1.807) is 0 Å². The Morgan fingerprint density at radius 2 is 1.85 bits per heavy atom. The highest BCUT2D eigenvalue weighted by Gasteiger charge is 2.03. The van der Waals surface area contributed by atoms with E-state index in [0.717, 1.165) is 25.3 Å². The van der Waals surface area contributed by atoms with Crippen LogP contribution in [0.5, 0.6) is 5.75 Å². The van der Waals surface area contributed by atoms with E-state index in [4.69, 9.17) is 4.74 Å². The third-order valence-corrected chi connectivity index (χ3v) is 3.33. The minimum Gasteiger partial charge on any atom is -0.494 e. The summed E-state index contributed by atoms with van der Waals surface area (Å²) in [4.78, 5) is 0. The van der Waals surface area contributed by atoms with Crippen LogP contribution in [-0.4, -0.2) is 13.2 Å². The topological polar surface area (TPSA) is 21.3 Å². The van der Waals surface area contributed by atoms with Crippen LogP contribution in [-0.2, 0) is 0 Å². The summed E-state index contributed by atoms with van der Waals surface area (Å²) >= 11 is 0. The first-order valence-electron chi connectivity index (χ1n) is 7.23. The lowest BCUT2D eigenvalue weighted by Crippen LogP contribution is -2.21. The lowest BCUT2D eigenvalue weighted by molar-refractivity contribution is 0.305. The summed E-state index contributed by atoms with van der Waals surface area (Å²) in [5, 5.41) is 3.53. The highest BCUT2D eigenvalue weighted by atomic mass is 16.5. The Morgan fingerprint density at radius 3 is 2.60 bits per heavy atom. The number of hydrogen-bond acceptors (Lipinski definition) is 2. The van der Waals surface area contributed by atoms with Gasteiger partial charge in [0, 0.05) is 6.04 Å². The second-order valence-corrected chi connectivity index (χ2v) is 5.11. The molecule has 1 atom stereocenters. The molecule has 0 fully saturated rings. The van der Waals surface area contributed by atoms with Crippen LogP contribution in [0.2, 0.25) is 0 Å². The molecule has 0 unspecified atom stereocenters. The van der Waals surface area contributed by atoms with E-state index in [9.17, 15) is 0 Å². The summed E-state index contributed by atoms with van der Waals surface area (Å²) in [6.45, 7) is 6.04. The number of nitrogens with one attached hydrogen (secondary N) is 1. The van der Waals surface area contributed by atoms with Crippen molar-refractivity contribution in [1.29, 1.82) is 0 Å². The highest BCUT2D eigenvalue weighted by Crippen LogP contribution is 2.13. The van der Waals surface area contributed by atoms with Gasteiger partial charge in [-0.1, -0.05) is 48.0 Å². The number of para-hydroxylation sites is 1. The molecule has 0 aliphatic carbocycles. The van der Waals surface area contributed by atoms with Gasteiger partial charge in [0.05, 0.1) is 6.61 Å². The van der Waals surface area contributed by atoms with E-state index < -0.39 is 0 Å². The van der Waals surface area contributed by atoms with Crippen LogP contribution in [0.1, 0.15) is 30.5 Å². The molecule has 2 aromatic rings. The van der Waals surface area contributed by atoms with Crippen molar-refractivity contribution in [3.05, 3.63) is 65.7 Å². The van der Waals surface area contributed by atoms with Crippen LogP contribution in [0, 0.1) is 6.92 Å². The van der Waals surface area contributed by atoms with Gasteiger partial charge in [0.15, 0.2) is 0 Å². The Hall–Kier alpha value is -1.80. The zero-order valence-electron chi connectivity index (χ0n) is 12.3. The van der Waals surface area contributed by atoms with Gasteiger partial charge in [0.2, 0.25) is 0 Å². The first-order chi connectivity index (χ1) is 9.75. The zero-order valence-corrected chi connectivity index (χ0v) is 12.3. The standard InChI is InChI=1S/C18H23NO/c1-15-8-6-9-17(14-15)16(2)19-12-7-13-20-18-10-4-3-5-11-18/h3-6,8-11,14,16,19H,7,12-13H2,1-2H3/t16-/m1/s1. The largest absolute Gasteiger partial charge is 0.494 e. The quantitative estimate of drug-likeness (QED) is 0.764. The van der Waals surface area contributed by atoms with Gasteiger partial charge in [0.25, 0.3) is 0 Å². The summed E-state index contributed by atoms with van der Waals surface area (Å²) in [7, 11) is 0. The third-order valence-electron chi connectivity index (χ3n) is 3.33. The molecule has 2 rings (SSSR count). The molecule has 0 spiro atoms. The summed E-state index contributed by atoms with van der Waals surface area (Å²) in [5.41, 5.74) is 2.65. The molecule has 0 amide bonds. The molecule has 0 radical (unpaired) electrons. The van der Waals surface area contributed by atoms with Crippen LogP contribution in [0.3, 0.4) is 0 Å². The van der Waals surface area contributed by atoms with Gasteiger partial charge in [-0.05, 0) is 44.5 Å². The SMILES string of the molecule is Cc1cccc([C@@H](C)NCCCOc2ccccc2)c1. The first kappa shape index (κ1) is 14.6. The van der Waals surface area contributed by atoms with Crippen molar-refractivity contribution in [2.45, 2.75) is 26.3 Å². The molecule has 2 nitrogen and oxygen atoms in total. The van der Waals surface area contributed by atoms with Gasteiger partial charge < -0.3 is 10.1 Å². The fourth-order valence-electron chi connectivity index (χ4n) is 2.15. The third kappa shape index (κ3) is 4.71. The van der Waals surface area contributed by atoms with Crippen molar-refractivity contribution in [2.24, 2.45) is 0 Å². The number of ether oxygens (including phenoxy) is 1. The minimum absolute atomic E-state index is 0.381.